The lowest BCUT2D eigenvalue weighted by Crippen LogP contribution is -2.90. The summed E-state index contributed by atoms with van der Waals surface area (Å²) in [6.45, 7) is 1.73. The van der Waals surface area contributed by atoms with Gasteiger partial charge in [0.2, 0.25) is 0 Å². The lowest BCUT2D eigenvalue weighted by atomic mass is 9.95. The average Bonchev–Trinajstić information content (AvgIpc) is 2.29. The number of alkyl halides is 2. The Kier molecular flexibility index (Phi) is 7.17. The summed E-state index contributed by atoms with van der Waals surface area (Å²) in [5.74, 6) is -0.291. The molecule has 1 aliphatic rings. The number of carbonyl (C=O) groups excluding carboxylic acids is 1. The molecular weight excluding hydrogens is 247 g/mol. The van der Waals surface area contributed by atoms with Crippen LogP contribution in [0.2, 0.25) is 0 Å². The van der Waals surface area contributed by atoms with Crippen LogP contribution in [0.25, 0.3) is 0 Å². The summed E-state index contributed by atoms with van der Waals surface area (Å²) >= 11 is 10.8. The predicted molar refractivity (Wildman–Crippen MR) is 66.8 cm³/mol. The highest BCUT2D eigenvalue weighted by atomic mass is 35.5. The molecule has 0 saturated heterocycles. The summed E-state index contributed by atoms with van der Waals surface area (Å²) in [7, 11) is 0. The Morgan fingerprint density at radius 3 is 2.62 bits per heavy atom. The summed E-state index contributed by atoms with van der Waals surface area (Å²) in [6, 6.07) is 0.804. The summed E-state index contributed by atoms with van der Waals surface area (Å²) < 4.78 is 0. The van der Waals surface area contributed by atoms with Crippen LogP contribution >= 0.6 is 23.2 Å². The molecule has 0 aromatic rings. The van der Waals surface area contributed by atoms with Crippen LogP contribution in [0.3, 0.4) is 0 Å². The second-order valence-corrected chi connectivity index (χ2v) is 5.46. The number of rotatable bonds is 6. The van der Waals surface area contributed by atoms with Gasteiger partial charge in [0.05, 0.1) is 12.6 Å². The molecule has 0 radical (unpaired) electrons. The molecule has 0 spiro atoms. The van der Waals surface area contributed by atoms with Crippen molar-refractivity contribution in [2.75, 3.05) is 13.1 Å². The Morgan fingerprint density at radius 2 is 2.00 bits per heavy atom. The van der Waals surface area contributed by atoms with Crippen molar-refractivity contribution < 1.29 is 10.1 Å². The number of hydrogen-bond donors (Lipinski definition) is 2. The number of carbonyl (C=O) groups is 1. The molecule has 1 rings (SSSR count). The van der Waals surface area contributed by atoms with E-state index >= 15 is 0 Å². The molecule has 0 aromatic heterocycles. The van der Waals surface area contributed by atoms with E-state index in [4.69, 9.17) is 23.2 Å². The summed E-state index contributed by atoms with van der Waals surface area (Å²) in [4.78, 5) is 10.1. The molecule has 94 valence electrons. The Morgan fingerprint density at radius 1 is 1.31 bits per heavy atom. The minimum absolute atomic E-state index is 0.291. The average molecular weight is 268 g/mol. The van der Waals surface area contributed by atoms with Gasteiger partial charge in [-0.2, -0.15) is 0 Å². The van der Waals surface area contributed by atoms with Crippen LogP contribution in [-0.4, -0.2) is 29.9 Å². The van der Waals surface area contributed by atoms with Crippen LogP contribution in [0.1, 0.15) is 38.5 Å². The molecule has 0 atom stereocenters. The second kappa shape index (κ2) is 8.15. The second-order valence-electron chi connectivity index (χ2n) is 4.37. The summed E-state index contributed by atoms with van der Waals surface area (Å²) in [5, 5.41) is 5.10. The van der Waals surface area contributed by atoms with Gasteiger partial charge in [-0.25, -0.2) is 0 Å². The number of quaternary nitrogens is 1. The zero-order valence-corrected chi connectivity index (χ0v) is 11.1. The van der Waals surface area contributed by atoms with E-state index < -0.39 is 4.84 Å². The van der Waals surface area contributed by atoms with Gasteiger partial charge in [-0.1, -0.05) is 29.6 Å². The first-order valence-electron chi connectivity index (χ1n) is 6.09. The molecule has 5 heteroatoms. The number of hydrogen-bond acceptors (Lipinski definition) is 1. The fourth-order valence-corrected chi connectivity index (χ4v) is 2.27. The van der Waals surface area contributed by atoms with E-state index in [9.17, 15) is 4.79 Å². The zero-order valence-electron chi connectivity index (χ0n) is 9.55. The highest BCUT2D eigenvalue weighted by molar-refractivity contribution is 6.53. The van der Waals surface area contributed by atoms with Crippen LogP contribution in [0, 0.1) is 0 Å². The van der Waals surface area contributed by atoms with Gasteiger partial charge in [0.15, 0.2) is 4.84 Å². The number of nitrogens with one attached hydrogen (secondary N) is 1. The fourth-order valence-electron chi connectivity index (χ4n) is 2.11. The Balaban J connectivity index is 1.93. The van der Waals surface area contributed by atoms with E-state index in [1.165, 1.54) is 32.1 Å². The van der Waals surface area contributed by atoms with Crippen LogP contribution in [-0.2, 0) is 4.79 Å². The third kappa shape index (κ3) is 5.92. The van der Waals surface area contributed by atoms with Gasteiger partial charge in [0, 0.05) is 13.0 Å². The normalized spacial score (nSPS) is 17.7. The number of amides is 1. The van der Waals surface area contributed by atoms with Crippen molar-refractivity contribution in [3.05, 3.63) is 0 Å². The predicted octanol–water partition coefficient (Wildman–Crippen LogP) is 1.19. The first kappa shape index (κ1) is 14.1. The van der Waals surface area contributed by atoms with Crippen molar-refractivity contribution in [1.29, 1.82) is 0 Å². The van der Waals surface area contributed by atoms with E-state index in [1.807, 2.05) is 0 Å². The highest BCUT2D eigenvalue weighted by Crippen LogP contribution is 2.14. The minimum Gasteiger partial charge on any atom is -0.354 e. The van der Waals surface area contributed by atoms with E-state index in [1.54, 1.807) is 0 Å². The van der Waals surface area contributed by atoms with Crippen LogP contribution in [0.15, 0.2) is 0 Å². The van der Waals surface area contributed by atoms with Crippen LogP contribution in [0.4, 0.5) is 0 Å². The quantitative estimate of drug-likeness (QED) is 0.551. The SMILES string of the molecule is O=C(NCCC[NH2+]C1CCCCC1)C(Cl)Cl. The molecule has 0 aliphatic heterocycles. The van der Waals surface area contributed by atoms with E-state index in [2.05, 4.69) is 10.6 Å². The van der Waals surface area contributed by atoms with Gasteiger partial charge in [-0.05, 0) is 25.7 Å². The third-order valence-corrected chi connectivity index (χ3v) is 3.42. The lowest BCUT2D eigenvalue weighted by molar-refractivity contribution is -0.691. The maximum atomic E-state index is 11.0. The number of nitrogens with two attached hydrogens (primary N) is 1. The summed E-state index contributed by atoms with van der Waals surface area (Å²) in [5.41, 5.74) is 0. The Bertz CT molecular complexity index is 206. The van der Waals surface area contributed by atoms with Crippen molar-refractivity contribution >= 4 is 29.1 Å². The van der Waals surface area contributed by atoms with Gasteiger partial charge in [0.1, 0.15) is 0 Å². The standard InChI is InChI=1S/C11H20Cl2N2O/c12-10(13)11(16)15-8-4-7-14-9-5-2-1-3-6-9/h9-10,14H,1-8H2,(H,15,16)/p+1. The first-order chi connectivity index (χ1) is 7.70. The molecule has 3 N–H and O–H groups in total. The fraction of sp³-hybridized carbons (Fsp3) is 0.909. The van der Waals surface area contributed by atoms with Gasteiger partial charge in [-0.15, -0.1) is 0 Å². The smallest absolute Gasteiger partial charge is 0.253 e. The van der Waals surface area contributed by atoms with E-state index in [0.29, 0.717) is 6.54 Å². The van der Waals surface area contributed by atoms with Crippen molar-refractivity contribution in [3.8, 4) is 0 Å². The van der Waals surface area contributed by atoms with Crippen molar-refractivity contribution in [3.63, 3.8) is 0 Å². The largest absolute Gasteiger partial charge is 0.354 e. The maximum Gasteiger partial charge on any atom is 0.253 e. The summed E-state index contributed by atoms with van der Waals surface area (Å²) in [6.07, 6.45) is 7.81. The topological polar surface area (TPSA) is 45.7 Å². The third-order valence-electron chi connectivity index (χ3n) is 3.03. The molecule has 3 nitrogen and oxygen atoms in total. The van der Waals surface area contributed by atoms with Crippen molar-refractivity contribution in [1.82, 2.24) is 5.32 Å². The molecule has 0 heterocycles. The maximum absolute atomic E-state index is 11.0. The monoisotopic (exact) mass is 267 g/mol. The lowest BCUT2D eigenvalue weighted by Gasteiger charge is -2.19. The van der Waals surface area contributed by atoms with Gasteiger partial charge >= 0.3 is 0 Å². The van der Waals surface area contributed by atoms with Crippen LogP contribution in [0.5, 0.6) is 0 Å². The Hall–Kier alpha value is 0.01000. The first-order valence-corrected chi connectivity index (χ1v) is 6.96. The van der Waals surface area contributed by atoms with Crippen LogP contribution < -0.4 is 10.6 Å². The molecule has 1 saturated carbocycles. The zero-order chi connectivity index (χ0) is 11.8. The van der Waals surface area contributed by atoms with Gasteiger partial charge < -0.3 is 10.6 Å². The van der Waals surface area contributed by atoms with E-state index in [-0.39, 0.29) is 5.91 Å². The Labute approximate surface area is 107 Å². The van der Waals surface area contributed by atoms with Gasteiger partial charge in [0.25, 0.3) is 5.91 Å². The molecule has 1 fully saturated rings. The van der Waals surface area contributed by atoms with Crippen molar-refractivity contribution in [2.45, 2.75) is 49.4 Å². The molecule has 1 aliphatic carbocycles. The molecular formula is C11H21Cl2N2O+. The molecule has 16 heavy (non-hydrogen) atoms. The molecule has 1 amide bonds. The van der Waals surface area contributed by atoms with Crippen molar-refractivity contribution in [2.24, 2.45) is 0 Å². The van der Waals surface area contributed by atoms with Gasteiger partial charge in [-0.3, -0.25) is 4.79 Å². The molecule has 0 unspecified atom stereocenters. The molecule has 0 bridgehead atoms. The minimum atomic E-state index is -0.942. The molecule has 0 aromatic carbocycles. The highest BCUT2D eigenvalue weighted by Gasteiger charge is 2.15. The number of halogens is 2. The van der Waals surface area contributed by atoms with E-state index in [0.717, 1.165) is 19.0 Å².